The highest BCUT2D eigenvalue weighted by Crippen LogP contribution is 2.32. The van der Waals surface area contributed by atoms with Gasteiger partial charge in [0.15, 0.2) is 5.82 Å². The number of hydrogen-bond donors (Lipinski definition) is 1. The molecule has 1 fully saturated rings. The normalized spacial score (nSPS) is 26.2. The van der Waals surface area contributed by atoms with E-state index in [0.717, 1.165) is 25.3 Å². The zero-order valence-electron chi connectivity index (χ0n) is 11.5. The molecule has 0 aliphatic heterocycles. The first-order chi connectivity index (χ1) is 8.74. The molecule has 1 atom stereocenters. The minimum atomic E-state index is -0.0967. The van der Waals surface area contributed by atoms with Gasteiger partial charge in [-0.25, -0.2) is 0 Å². The molecule has 1 aromatic heterocycles. The molecule has 1 N–H and O–H groups in total. The first kappa shape index (κ1) is 13.5. The zero-order chi connectivity index (χ0) is 13.0. The number of aromatic nitrogens is 2. The molecule has 1 aromatic rings. The Balaban J connectivity index is 1.91. The van der Waals surface area contributed by atoms with Crippen molar-refractivity contribution in [2.75, 3.05) is 13.7 Å². The van der Waals surface area contributed by atoms with Gasteiger partial charge in [0.2, 0.25) is 5.89 Å². The summed E-state index contributed by atoms with van der Waals surface area (Å²) in [4.78, 5) is 4.45. The Morgan fingerprint density at radius 3 is 2.72 bits per heavy atom. The first-order valence-corrected chi connectivity index (χ1v) is 6.84. The lowest BCUT2D eigenvalue weighted by atomic mass is 9.86. The van der Waals surface area contributed by atoms with Crippen LogP contribution in [0.3, 0.4) is 0 Å². The Morgan fingerprint density at radius 2 is 2.11 bits per heavy atom. The number of methoxy groups -OCH3 is 1. The monoisotopic (exact) mass is 253 g/mol. The van der Waals surface area contributed by atoms with E-state index >= 15 is 0 Å². The summed E-state index contributed by atoms with van der Waals surface area (Å²) in [6.07, 6.45) is 4.54. The second-order valence-electron chi connectivity index (χ2n) is 4.97. The minimum absolute atomic E-state index is 0.0967. The van der Waals surface area contributed by atoms with E-state index in [-0.39, 0.29) is 6.10 Å². The zero-order valence-corrected chi connectivity index (χ0v) is 11.5. The van der Waals surface area contributed by atoms with Crippen molar-refractivity contribution in [3.63, 3.8) is 0 Å². The number of nitrogens with one attached hydrogen (secondary N) is 1. The summed E-state index contributed by atoms with van der Waals surface area (Å²) in [5, 5.41) is 7.49. The van der Waals surface area contributed by atoms with Gasteiger partial charge in [0.1, 0.15) is 6.10 Å². The average Bonchev–Trinajstić information content (AvgIpc) is 2.89. The SMILES string of the molecule is CCNC1CCC(c2nc(C(C)OC)no2)CC1. The van der Waals surface area contributed by atoms with E-state index in [1.54, 1.807) is 7.11 Å². The maximum Gasteiger partial charge on any atom is 0.229 e. The maximum atomic E-state index is 5.36. The van der Waals surface area contributed by atoms with Crippen LogP contribution >= 0.6 is 0 Å². The van der Waals surface area contributed by atoms with Crippen LogP contribution in [0.25, 0.3) is 0 Å². The molecule has 5 nitrogen and oxygen atoms in total. The fourth-order valence-corrected chi connectivity index (χ4v) is 2.52. The van der Waals surface area contributed by atoms with Gasteiger partial charge in [-0.05, 0) is 39.2 Å². The molecule has 5 heteroatoms. The summed E-state index contributed by atoms with van der Waals surface area (Å²) >= 11 is 0. The highest BCUT2D eigenvalue weighted by molar-refractivity contribution is 4.98. The molecule has 1 heterocycles. The predicted octanol–water partition coefficient (Wildman–Crippen LogP) is 2.41. The summed E-state index contributed by atoms with van der Waals surface area (Å²) < 4.78 is 10.6. The van der Waals surface area contributed by atoms with Crippen LogP contribution in [0.4, 0.5) is 0 Å². The molecule has 1 aliphatic carbocycles. The van der Waals surface area contributed by atoms with E-state index in [1.165, 1.54) is 12.8 Å². The van der Waals surface area contributed by atoms with E-state index in [2.05, 4.69) is 22.4 Å². The number of nitrogens with zero attached hydrogens (tertiary/aromatic N) is 2. The third-order valence-electron chi connectivity index (χ3n) is 3.74. The van der Waals surface area contributed by atoms with Crippen molar-refractivity contribution >= 4 is 0 Å². The Bertz CT molecular complexity index is 359. The molecular formula is C13H23N3O2. The van der Waals surface area contributed by atoms with Crippen LogP contribution in [0.15, 0.2) is 4.52 Å². The standard InChI is InChI=1S/C13H23N3O2/c1-4-14-11-7-5-10(6-8-11)13-15-12(16-18-13)9(2)17-3/h9-11,14H,4-8H2,1-3H3. The van der Waals surface area contributed by atoms with E-state index in [9.17, 15) is 0 Å². The highest BCUT2D eigenvalue weighted by Gasteiger charge is 2.26. The van der Waals surface area contributed by atoms with Crippen molar-refractivity contribution in [2.24, 2.45) is 0 Å². The molecule has 0 amide bonds. The largest absolute Gasteiger partial charge is 0.374 e. The van der Waals surface area contributed by atoms with Crippen LogP contribution in [0.5, 0.6) is 0 Å². The molecule has 0 saturated heterocycles. The number of hydrogen-bond acceptors (Lipinski definition) is 5. The molecule has 2 rings (SSSR count). The van der Waals surface area contributed by atoms with E-state index in [1.807, 2.05) is 6.92 Å². The molecule has 0 spiro atoms. The molecule has 0 bridgehead atoms. The number of ether oxygens (including phenoxy) is 1. The van der Waals surface area contributed by atoms with Gasteiger partial charge in [-0.2, -0.15) is 4.98 Å². The Kier molecular flexibility index (Phi) is 4.72. The lowest BCUT2D eigenvalue weighted by molar-refractivity contribution is 0.109. The van der Waals surface area contributed by atoms with Gasteiger partial charge in [-0.3, -0.25) is 0 Å². The topological polar surface area (TPSA) is 60.2 Å². The minimum Gasteiger partial charge on any atom is -0.374 e. The van der Waals surface area contributed by atoms with Crippen LogP contribution in [-0.2, 0) is 4.74 Å². The van der Waals surface area contributed by atoms with Crippen molar-refractivity contribution in [1.29, 1.82) is 0 Å². The Hall–Kier alpha value is -0.940. The van der Waals surface area contributed by atoms with E-state index in [0.29, 0.717) is 17.8 Å². The van der Waals surface area contributed by atoms with Gasteiger partial charge in [0.25, 0.3) is 0 Å². The van der Waals surface area contributed by atoms with Crippen molar-refractivity contribution < 1.29 is 9.26 Å². The Labute approximate surface area is 108 Å². The molecule has 1 saturated carbocycles. The summed E-state index contributed by atoms with van der Waals surface area (Å²) in [5.74, 6) is 1.86. The van der Waals surface area contributed by atoms with Gasteiger partial charge < -0.3 is 14.6 Å². The van der Waals surface area contributed by atoms with Gasteiger partial charge in [-0.15, -0.1) is 0 Å². The summed E-state index contributed by atoms with van der Waals surface area (Å²) in [6, 6.07) is 0.659. The van der Waals surface area contributed by atoms with Crippen molar-refractivity contribution in [2.45, 2.75) is 57.6 Å². The summed E-state index contributed by atoms with van der Waals surface area (Å²) in [6.45, 7) is 5.13. The lowest BCUT2D eigenvalue weighted by Crippen LogP contribution is -2.32. The van der Waals surface area contributed by atoms with Crippen LogP contribution < -0.4 is 5.32 Å². The van der Waals surface area contributed by atoms with Crippen LogP contribution in [0.2, 0.25) is 0 Å². The maximum absolute atomic E-state index is 5.36. The second-order valence-corrected chi connectivity index (χ2v) is 4.97. The lowest BCUT2D eigenvalue weighted by Gasteiger charge is -2.26. The first-order valence-electron chi connectivity index (χ1n) is 6.84. The van der Waals surface area contributed by atoms with Crippen molar-refractivity contribution in [1.82, 2.24) is 15.5 Å². The highest BCUT2D eigenvalue weighted by atomic mass is 16.5. The summed E-state index contributed by atoms with van der Waals surface area (Å²) in [7, 11) is 1.66. The van der Waals surface area contributed by atoms with Gasteiger partial charge in [0.05, 0.1) is 0 Å². The van der Waals surface area contributed by atoms with E-state index < -0.39 is 0 Å². The van der Waals surface area contributed by atoms with Gasteiger partial charge >= 0.3 is 0 Å². The molecule has 102 valence electrons. The molecular weight excluding hydrogens is 230 g/mol. The molecule has 18 heavy (non-hydrogen) atoms. The smallest absolute Gasteiger partial charge is 0.229 e. The van der Waals surface area contributed by atoms with Gasteiger partial charge in [0, 0.05) is 19.1 Å². The quantitative estimate of drug-likeness (QED) is 0.873. The van der Waals surface area contributed by atoms with Crippen LogP contribution in [0, 0.1) is 0 Å². The molecule has 0 aromatic carbocycles. The fourth-order valence-electron chi connectivity index (χ4n) is 2.52. The van der Waals surface area contributed by atoms with Crippen LogP contribution in [0.1, 0.15) is 63.3 Å². The molecule has 1 unspecified atom stereocenters. The molecule has 0 radical (unpaired) electrons. The van der Waals surface area contributed by atoms with Crippen molar-refractivity contribution in [3.8, 4) is 0 Å². The molecule has 1 aliphatic rings. The van der Waals surface area contributed by atoms with Gasteiger partial charge in [-0.1, -0.05) is 12.1 Å². The predicted molar refractivity (Wildman–Crippen MR) is 68.4 cm³/mol. The Morgan fingerprint density at radius 1 is 1.39 bits per heavy atom. The second kappa shape index (κ2) is 6.29. The third kappa shape index (κ3) is 3.09. The number of rotatable bonds is 5. The van der Waals surface area contributed by atoms with E-state index in [4.69, 9.17) is 9.26 Å². The third-order valence-corrected chi connectivity index (χ3v) is 3.74. The fraction of sp³-hybridized carbons (Fsp3) is 0.846. The summed E-state index contributed by atoms with van der Waals surface area (Å²) in [5.41, 5.74) is 0. The average molecular weight is 253 g/mol. The van der Waals surface area contributed by atoms with Crippen molar-refractivity contribution in [3.05, 3.63) is 11.7 Å². The van der Waals surface area contributed by atoms with Crippen LogP contribution in [-0.4, -0.2) is 29.8 Å².